The molecule has 0 fully saturated rings. The highest BCUT2D eigenvalue weighted by Crippen LogP contribution is 2.11. The standard InChI is InChI=1S/C22H28N6O2/c1-27(2)19-9-5-17(6-10-19)15-23-25-21(29)13-14-22(30)26-24-16-18-7-11-20(12-8-18)28(3)4/h5-12,15-16H,13-14H2,1-4H3,(H,25,29)(H,26,30)/b23-15+,24-16+. The Balaban J connectivity index is 1.69. The lowest BCUT2D eigenvalue weighted by Crippen LogP contribution is -2.22. The maximum absolute atomic E-state index is 11.8. The van der Waals surface area contributed by atoms with Gasteiger partial charge in [-0.2, -0.15) is 10.2 Å². The summed E-state index contributed by atoms with van der Waals surface area (Å²) in [5, 5.41) is 7.82. The molecule has 0 aliphatic rings. The SMILES string of the molecule is CN(C)c1ccc(/C=N/NC(=O)CCC(=O)N/N=C/c2ccc(N(C)C)cc2)cc1. The molecular weight excluding hydrogens is 380 g/mol. The fourth-order valence-electron chi connectivity index (χ4n) is 2.41. The molecule has 0 heterocycles. The van der Waals surface area contributed by atoms with Gasteiger partial charge in [-0.25, -0.2) is 10.9 Å². The van der Waals surface area contributed by atoms with Gasteiger partial charge >= 0.3 is 0 Å². The second kappa shape index (κ2) is 11.4. The zero-order valence-electron chi connectivity index (χ0n) is 17.8. The van der Waals surface area contributed by atoms with Crippen molar-refractivity contribution in [3.63, 3.8) is 0 Å². The molecule has 0 aromatic heterocycles. The molecule has 0 radical (unpaired) electrons. The van der Waals surface area contributed by atoms with Gasteiger partial charge in [0.2, 0.25) is 11.8 Å². The van der Waals surface area contributed by atoms with Gasteiger partial charge in [0.05, 0.1) is 12.4 Å². The molecule has 0 atom stereocenters. The van der Waals surface area contributed by atoms with Crippen LogP contribution in [0.3, 0.4) is 0 Å². The van der Waals surface area contributed by atoms with E-state index >= 15 is 0 Å². The molecule has 0 saturated heterocycles. The summed E-state index contributed by atoms with van der Waals surface area (Å²) >= 11 is 0. The molecule has 0 bridgehead atoms. The highest BCUT2D eigenvalue weighted by molar-refractivity contribution is 5.86. The van der Waals surface area contributed by atoms with Crippen molar-refractivity contribution in [2.75, 3.05) is 38.0 Å². The summed E-state index contributed by atoms with van der Waals surface area (Å²) in [6, 6.07) is 15.5. The van der Waals surface area contributed by atoms with Crippen molar-refractivity contribution >= 4 is 35.6 Å². The monoisotopic (exact) mass is 408 g/mol. The van der Waals surface area contributed by atoms with Gasteiger partial charge in [0.1, 0.15) is 0 Å². The van der Waals surface area contributed by atoms with Crippen LogP contribution in [0.5, 0.6) is 0 Å². The number of hydrogen-bond acceptors (Lipinski definition) is 6. The number of amides is 2. The van der Waals surface area contributed by atoms with Gasteiger partial charge < -0.3 is 9.80 Å². The Bertz CT molecular complexity index is 811. The van der Waals surface area contributed by atoms with Crippen LogP contribution in [0.2, 0.25) is 0 Å². The summed E-state index contributed by atoms with van der Waals surface area (Å²) in [6.45, 7) is 0. The van der Waals surface area contributed by atoms with Crippen LogP contribution in [0.25, 0.3) is 0 Å². The molecule has 0 aliphatic carbocycles. The number of benzene rings is 2. The molecule has 2 N–H and O–H groups in total. The summed E-state index contributed by atoms with van der Waals surface area (Å²) in [5.41, 5.74) is 8.73. The minimum absolute atomic E-state index is 0.0236. The largest absolute Gasteiger partial charge is 0.378 e. The molecule has 158 valence electrons. The van der Waals surface area contributed by atoms with Crippen molar-refractivity contribution in [2.45, 2.75) is 12.8 Å². The molecule has 0 saturated carbocycles. The highest BCUT2D eigenvalue weighted by atomic mass is 16.2. The van der Waals surface area contributed by atoms with E-state index in [4.69, 9.17) is 0 Å². The maximum Gasteiger partial charge on any atom is 0.240 e. The zero-order chi connectivity index (χ0) is 21.9. The molecule has 0 aliphatic heterocycles. The van der Waals surface area contributed by atoms with Crippen molar-refractivity contribution < 1.29 is 9.59 Å². The smallest absolute Gasteiger partial charge is 0.240 e. The molecule has 2 aromatic rings. The lowest BCUT2D eigenvalue weighted by atomic mass is 10.2. The molecule has 8 heteroatoms. The predicted molar refractivity (Wildman–Crippen MR) is 122 cm³/mol. The van der Waals surface area contributed by atoms with E-state index in [1.54, 1.807) is 12.4 Å². The zero-order valence-corrected chi connectivity index (χ0v) is 17.8. The third kappa shape index (κ3) is 7.75. The Labute approximate surface area is 177 Å². The summed E-state index contributed by atoms with van der Waals surface area (Å²) in [4.78, 5) is 27.6. The molecule has 2 rings (SSSR count). The Hall–Kier alpha value is -3.68. The normalized spacial score (nSPS) is 10.9. The van der Waals surface area contributed by atoms with E-state index in [2.05, 4.69) is 21.1 Å². The highest BCUT2D eigenvalue weighted by Gasteiger charge is 2.05. The van der Waals surface area contributed by atoms with Gasteiger partial charge in [-0.3, -0.25) is 9.59 Å². The van der Waals surface area contributed by atoms with Crippen LogP contribution >= 0.6 is 0 Å². The number of hydrazone groups is 2. The number of rotatable bonds is 9. The first-order valence-corrected chi connectivity index (χ1v) is 9.54. The predicted octanol–water partition coefficient (Wildman–Crippen LogP) is 2.20. The maximum atomic E-state index is 11.8. The lowest BCUT2D eigenvalue weighted by Gasteiger charge is -2.11. The van der Waals surface area contributed by atoms with E-state index in [-0.39, 0.29) is 24.7 Å². The number of carbonyl (C=O) groups is 2. The van der Waals surface area contributed by atoms with E-state index in [0.717, 1.165) is 22.5 Å². The van der Waals surface area contributed by atoms with Crippen molar-refractivity contribution in [2.24, 2.45) is 10.2 Å². The third-order valence-corrected chi connectivity index (χ3v) is 4.20. The van der Waals surface area contributed by atoms with Crippen molar-refractivity contribution in [3.8, 4) is 0 Å². The first kappa shape index (κ1) is 22.6. The van der Waals surface area contributed by atoms with Crippen LogP contribution < -0.4 is 20.7 Å². The summed E-state index contributed by atoms with van der Waals surface area (Å²) < 4.78 is 0. The van der Waals surface area contributed by atoms with E-state index in [0.29, 0.717) is 0 Å². The van der Waals surface area contributed by atoms with Gasteiger partial charge in [0.15, 0.2) is 0 Å². The van der Waals surface area contributed by atoms with Gasteiger partial charge in [-0.15, -0.1) is 0 Å². The topological polar surface area (TPSA) is 89.4 Å². The van der Waals surface area contributed by atoms with Crippen LogP contribution in [0.1, 0.15) is 24.0 Å². The Kier molecular flexibility index (Phi) is 8.56. The van der Waals surface area contributed by atoms with Crippen LogP contribution in [0, 0.1) is 0 Å². The van der Waals surface area contributed by atoms with Crippen LogP contribution in [0.4, 0.5) is 11.4 Å². The fourth-order valence-corrected chi connectivity index (χ4v) is 2.41. The molecule has 30 heavy (non-hydrogen) atoms. The molecule has 8 nitrogen and oxygen atoms in total. The van der Waals surface area contributed by atoms with Gasteiger partial charge in [0.25, 0.3) is 0 Å². The van der Waals surface area contributed by atoms with Crippen LogP contribution in [-0.4, -0.2) is 52.4 Å². The first-order chi connectivity index (χ1) is 14.3. The number of nitrogens with one attached hydrogen (secondary N) is 2. The summed E-state index contributed by atoms with van der Waals surface area (Å²) in [6.07, 6.45) is 3.16. The minimum Gasteiger partial charge on any atom is -0.378 e. The van der Waals surface area contributed by atoms with E-state index in [1.807, 2.05) is 86.5 Å². The van der Waals surface area contributed by atoms with Crippen LogP contribution in [-0.2, 0) is 9.59 Å². The number of carbonyl (C=O) groups excluding carboxylic acids is 2. The van der Waals surface area contributed by atoms with E-state index in [1.165, 1.54) is 0 Å². The average Bonchev–Trinajstić information content (AvgIpc) is 2.73. The lowest BCUT2D eigenvalue weighted by molar-refractivity contribution is -0.126. The summed E-state index contributed by atoms with van der Waals surface area (Å²) in [5.74, 6) is -0.677. The second-order valence-electron chi connectivity index (χ2n) is 7.06. The van der Waals surface area contributed by atoms with Gasteiger partial charge in [-0.1, -0.05) is 24.3 Å². The van der Waals surface area contributed by atoms with Crippen molar-refractivity contribution in [1.29, 1.82) is 0 Å². The second-order valence-corrected chi connectivity index (χ2v) is 7.06. The summed E-state index contributed by atoms with van der Waals surface area (Å²) in [7, 11) is 7.86. The Morgan fingerprint density at radius 1 is 0.700 bits per heavy atom. The Morgan fingerprint density at radius 2 is 1.03 bits per heavy atom. The molecule has 0 spiro atoms. The first-order valence-electron chi connectivity index (χ1n) is 9.54. The fraction of sp³-hybridized carbons (Fsp3) is 0.273. The minimum atomic E-state index is -0.338. The van der Waals surface area contributed by atoms with Crippen LogP contribution in [0.15, 0.2) is 58.7 Å². The molecule has 0 unspecified atom stereocenters. The molecular formula is C22H28N6O2. The van der Waals surface area contributed by atoms with Gasteiger partial charge in [-0.05, 0) is 35.4 Å². The van der Waals surface area contributed by atoms with E-state index < -0.39 is 0 Å². The number of anilines is 2. The molecule has 2 aromatic carbocycles. The molecule has 2 amide bonds. The number of hydrogen-bond donors (Lipinski definition) is 2. The third-order valence-electron chi connectivity index (χ3n) is 4.20. The van der Waals surface area contributed by atoms with Gasteiger partial charge in [0, 0.05) is 52.4 Å². The van der Waals surface area contributed by atoms with Crippen molar-refractivity contribution in [1.82, 2.24) is 10.9 Å². The quantitative estimate of drug-likeness (QED) is 0.492. The Morgan fingerprint density at radius 3 is 1.33 bits per heavy atom. The van der Waals surface area contributed by atoms with Crippen molar-refractivity contribution in [3.05, 3.63) is 59.7 Å². The van der Waals surface area contributed by atoms with E-state index in [9.17, 15) is 9.59 Å². The average molecular weight is 409 g/mol. The number of nitrogens with zero attached hydrogens (tertiary/aromatic N) is 4.